The largest absolute Gasteiger partial charge is 0.494 e. The lowest BCUT2D eigenvalue weighted by atomic mass is 9.78. The summed E-state index contributed by atoms with van der Waals surface area (Å²) in [6.07, 6.45) is 0. The number of ether oxygens (including phenoxy) is 3. The van der Waals surface area contributed by atoms with Crippen LogP contribution in [0.2, 0.25) is 0 Å². The molecule has 8 heteroatoms. The quantitative estimate of drug-likeness (QED) is 0.476. The molecule has 192 valence electrons. The Morgan fingerprint density at radius 2 is 1.89 bits per heavy atom. The fourth-order valence-corrected chi connectivity index (χ4v) is 5.34. The van der Waals surface area contributed by atoms with Crippen molar-refractivity contribution in [2.45, 2.75) is 39.5 Å². The zero-order valence-corrected chi connectivity index (χ0v) is 21.6. The van der Waals surface area contributed by atoms with Crippen molar-refractivity contribution in [3.63, 3.8) is 0 Å². The van der Waals surface area contributed by atoms with E-state index in [4.69, 9.17) is 14.2 Å². The minimum Gasteiger partial charge on any atom is -0.494 e. The van der Waals surface area contributed by atoms with E-state index in [1.807, 2.05) is 51.1 Å². The van der Waals surface area contributed by atoms with E-state index in [-0.39, 0.29) is 11.9 Å². The third-order valence-corrected chi connectivity index (χ3v) is 7.04. The number of rotatable bonds is 6. The molecule has 3 aromatic carbocycles. The number of nitrogens with zero attached hydrogens (tertiary/aromatic N) is 1. The van der Waals surface area contributed by atoms with E-state index in [9.17, 15) is 9.59 Å². The van der Waals surface area contributed by atoms with Crippen molar-refractivity contribution in [1.29, 1.82) is 0 Å². The van der Waals surface area contributed by atoms with Crippen molar-refractivity contribution in [3.05, 3.63) is 77.4 Å². The van der Waals surface area contributed by atoms with Crippen molar-refractivity contribution in [2.75, 3.05) is 23.9 Å². The molecule has 1 fully saturated rings. The zero-order chi connectivity index (χ0) is 26.3. The summed E-state index contributed by atoms with van der Waals surface area (Å²) in [5.41, 5.74) is 2.68. The SMILES string of the molecule is CCOc1ccc(N2C(=O)N[C@@H]3c4cccc(OC)c4O[C@@]2(C)[C@@H]3C(=O)Nc2ccc(C)cc2C)cc1. The number of carbonyl (C=O) groups is 2. The van der Waals surface area contributed by atoms with Crippen LogP contribution in [0, 0.1) is 19.8 Å². The summed E-state index contributed by atoms with van der Waals surface area (Å²) in [6.45, 7) is 8.18. The number of urea groups is 1. The first-order chi connectivity index (χ1) is 17.8. The number of para-hydroxylation sites is 1. The number of hydrogen-bond donors (Lipinski definition) is 2. The molecule has 3 atom stereocenters. The molecule has 1 saturated heterocycles. The maximum absolute atomic E-state index is 14.0. The van der Waals surface area contributed by atoms with Crippen LogP contribution in [0.25, 0.3) is 0 Å². The molecule has 0 spiro atoms. The molecule has 0 unspecified atom stereocenters. The number of carbonyl (C=O) groups excluding carboxylic acids is 2. The predicted octanol–water partition coefficient (Wildman–Crippen LogP) is 5.35. The maximum atomic E-state index is 14.0. The van der Waals surface area contributed by atoms with Crippen LogP contribution in [0.5, 0.6) is 17.2 Å². The van der Waals surface area contributed by atoms with Crippen LogP contribution in [0.1, 0.15) is 36.6 Å². The van der Waals surface area contributed by atoms with E-state index < -0.39 is 17.7 Å². The van der Waals surface area contributed by atoms with Gasteiger partial charge in [-0.15, -0.1) is 0 Å². The number of amides is 3. The summed E-state index contributed by atoms with van der Waals surface area (Å²) >= 11 is 0. The van der Waals surface area contributed by atoms with Gasteiger partial charge in [-0.1, -0.05) is 29.8 Å². The summed E-state index contributed by atoms with van der Waals surface area (Å²) < 4.78 is 17.7. The van der Waals surface area contributed by atoms with E-state index in [0.29, 0.717) is 40.8 Å². The summed E-state index contributed by atoms with van der Waals surface area (Å²) in [5.74, 6) is 0.683. The number of methoxy groups -OCH3 is 1. The topological polar surface area (TPSA) is 89.1 Å². The lowest BCUT2D eigenvalue weighted by Crippen LogP contribution is -2.72. The van der Waals surface area contributed by atoms with E-state index in [1.54, 1.807) is 44.4 Å². The van der Waals surface area contributed by atoms with Crippen LogP contribution < -0.4 is 29.7 Å². The molecule has 37 heavy (non-hydrogen) atoms. The van der Waals surface area contributed by atoms with E-state index in [0.717, 1.165) is 11.1 Å². The number of anilines is 2. The third-order valence-electron chi connectivity index (χ3n) is 7.04. The molecule has 8 nitrogen and oxygen atoms in total. The fraction of sp³-hybridized carbons (Fsp3) is 0.310. The van der Waals surface area contributed by atoms with Crippen LogP contribution in [-0.4, -0.2) is 31.4 Å². The van der Waals surface area contributed by atoms with Gasteiger partial charge in [0.2, 0.25) is 11.6 Å². The van der Waals surface area contributed by atoms with Crippen molar-refractivity contribution in [1.82, 2.24) is 5.32 Å². The van der Waals surface area contributed by atoms with Crippen molar-refractivity contribution >= 4 is 23.3 Å². The van der Waals surface area contributed by atoms with Crippen LogP contribution >= 0.6 is 0 Å². The van der Waals surface area contributed by atoms with Gasteiger partial charge in [0.15, 0.2) is 11.5 Å². The van der Waals surface area contributed by atoms with E-state index in [1.165, 1.54) is 4.90 Å². The summed E-state index contributed by atoms with van der Waals surface area (Å²) in [7, 11) is 1.57. The Morgan fingerprint density at radius 3 is 2.57 bits per heavy atom. The number of nitrogens with one attached hydrogen (secondary N) is 2. The van der Waals surface area contributed by atoms with Crippen molar-refractivity contribution in [3.8, 4) is 17.2 Å². The molecule has 2 N–H and O–H groups in total. The lowest BCUT2D eigenvalue weighted by Gasteiger charge is -2.54. The number of hydrogen-bond acceptors (Lipinski definition) is 5. The first kappa shape index (κ1) is 24.5. The highest BCUT2D eigenvalue weighted by Crippen LogP contribution is 2.52. The minimum absolute atomic E-state index is 0.260. The fourth-order valence-electron chi connectivity index (χ4n) is 5.34. The highest BCUT2D eigenvalue weighted by Gasteiger charge is 2.60. The molecule has 3 amide bonds. The first-order valence-electron chi connectivity index (χ1n) is 12.3. The molecule has 2 heterocycles. The van der Waals surface area contributed by atoms with Gasteiger partial charge in [0.05, 0.1) is 19.8 Å². The molecule has 0 radical (unpaired) electrons. The van der Waals surface area contributed by atoms with E-state index >= 15 is 0 Å². The van der Waals surface area contributed by atoms with Gasteiger partial charge in [-0.25, -0.2) is 4.79 Å². The van der Waals surface area contributed by atoms with Gasteiger partial charge in [0, 0.05) is 16.9 Å². The molecule has 3 aromatic rings. The molecular weight excluding hydrogens is 470 g/mol. The molecule has 0 saturated carbocycles. The highest BCUT2D eigenvalue weighted by molar-refractivity contribution is 6.01. The standard InChI is InChI=1S/C29H31N3O5/c1-6-36-20-13-11-19(12-14-20)32-28(34)31-25-21-8-7-9-23(35-5)26(21)37-29(32,4)24(25)27(33)30-22-15-10-17(2)16-18(22)3/h7-16,24-25H,6H2,1-5H3,(H,30,33)(H,31,34)/t24-,25+,29-/m0/s1. The molecule has 2 bridgehead atoms. The Kier molecular flexibility index (Phi) is 6.19. The minimum atomic E-state index is -1.36. The summed E-state index contributed by atoms with van der Waals surface area (Å²) in [5, 5.41) is 6.15. The van der Waals surface area contributed by atoms with Crippen molar-refractivity contribution in [2.24, 2.45) is 5.92 Å². The second-order valence-electron chi connectivity index (χ2n) is 9.51. The first-order valence-corrected chi connectivity index (χ1v) is 12.3. The summed E-state index contributed by atoms with van der Waals surface area (Å²) in [4.78, 5) is 29.0. The van der Waals surface area contributed by atoms with Gasteiger partial charge in [0.25, 0.3) is 0 Å². The Hall–Kier alpha value is -4.20. The van der Waals surface area contributed by atoms with Crippen LogP contribution in [-0.2, 0) is 4.79 Å². The predicted molar refractivity (Wildman–Crippen MR) is 141 cm³/mol. The molecular formula is C29H31N3O5. The van der Waals surface area contributed by atoms with Gasteiger partial charge in [-0.05, 0) is 69.7 Å². The lowest BCUT2D eigenvalue weighted by molar-refractivity contribution is -0.131. The average Bonchev–Trinajstić information content (AvgIpc) is 2.86. The molecule has 0 aromatic heterocycles. The van der Waals surface area contributed by atoms with Gasteiger partial charge in [-0.2, -0.15) is 0 Å². The maximum Gasteiger partial charge on any atom is 0.325 e. The normalized spacial score (nSPS) is 21.9. The average molecular weight is 502 g/mol. The molecule has 5 rings (SSSR count). The molecule has 0 aliphatic carbocycles. The smallest absolute Gasteiger partial charge is 0.325 e. The van der Waals surface area contributed by atoms with Crippen molar-refractivity contribution < 1.29 is 23.8 Å². The third kappa shape index (κ3) is 4.12. The second-order valence-corrected chi connectivity index (χ2v) is 9.51. The van der Waals surface area contributed by atoms with Crippen LogP contribution in [0.15, 0.2) is 60.7 Å². The second kappa shape index (κ2) is 9.35. The molecule has 2 aliphatic heterocycles. The molecule has 2 aliphatic rings. The highest BCUT2D eigenvalue weighted by atomic mass is 16.5. The number of fused-ring (bicyclic) bond motifs is 4. The monoisotopic (exact) mass is 501 g/mol. The summed E-state index contributed by atoms with van der Waals surface area (Å²) in [6, 6.07) is 17.5. The Balaban J connectivity index is 1.61. The van der Waals surface area contributed by atoms with Crippen LogP contribution in [0.3, 0.4) is 0 Å². The zero-order valence-electron chi connectivity index (χ0n) is 21.6. The van der Waals surface area contributed by atoms with Gasteiger partial charge in [0.1, 0.15) is 11.7 Å². The number of aryl methyl sites for hydroxylation is 2. The van der Waals surface area contributed by atoms with Crippen LogP contribution in [0.4, 0.5) is 16.2 Å². The Labute approximate surface area is 216 Å². The Morgan fingerprint density at radius 1 is 1.14 bits per heavy atom. The van der Waals surface area contributed by atoms with Gasteiger partial charge in [-0.3, -0.25) is 9.69 Å². The van der Waals surface area contributed by atoms with Gasteiger partial charge >= 0.3 is 6.03 Å². The Bertz CT molecular complexity index is 1360. The van der Waals surface area contributed by atoms with Gasteiger partial charge < -0.3 is 24.8 Å². The van der Waals surface area contributed by atoms with E-state index in [2.05, 4.69) is 10.6 Å². The number of benzene rings is 3.